The number of guanidine groups is 1. The van der Waals surface area contributed by atoms with E-state index in [1.807, 2.05) is 6.92 Å². The van der Waals surface area contributed by atoms with Crippen molar-refractivity contribution in [2.24, 2.45) is 4.99 Å². The molecule has 1 aromatic rings. The molecule has 0 atom stereocenters. The Balaban J connectivity index is 0.00000576. The Kier molecular flexibility index (Phi) is 13.2. The van der Waals surface area contributed by atoms with Crippen LogP contribution >= 0.6 is 24.0 Å². The number of benzene rings is 1. The van der Waals surface area contributed by atoms with Crippen LogP contribution in [-0.4, -0.2) is 32.3 Å². The highest BCUT2D eigenvalue weighted by molar-refractivity contribution is 14.0. The summed E-state index contributed by atoms with van der Waals surface area (Å²) in [5.41, 5.74) is 0.854. The molecule has 0 unspecified atom stereocenters. The van der Waals surface area contributed by atoms with Gasteiger partial charge in [-0.05, 0) is 38.0 Å². The molecule has 1 aromatic carbocycles. The normalized spacial score (nSPS) is 11.0. The van der Waals surface area contributed by atoms with Crippen molar-refractivity contribution in [3.05, 3.63) is 23.8 Å². The van der Waals surface area contributed by atoms with Crippen LogP contribution in [0.5, 0.6) is 11.5 Å². The van der Waals surface area contributed by atoms with E-state index >= 15 is 0 Å². The lowest BCUT2D eigenvalue weighted by molar-refractivity contribution is -0.0514. The minimum atomic E-state index is -2.88. The molecule has 0 fully saturated rings. The highest BCUT2D eigenvalue weighted by Gasteiger charge is 2.11. The Morgan fingerprint density at radius 3 is 2.52 bits per heavy atom. The second-order valence-corrected chi connectivity index (χ2v) is 5.07. The molecule has 0 spiro atoms. The van der Waals surface area contributed by atoms with Crippen molar-refractivity contribution in [2.75, 3.05) is 19.7 Å². The number of aliphatic imine (C=N–C) groups is 1. The summed E-state index contributed by atoms with van der Waals surface area (Å²) >= 11 is 0. The number of alkyl halides is 2. The molecule has 0 amide bonds. The lowest BCUT2D eigenvalue weighted by Crippen LogP contribution is -2.37. The fraction of sp³-hybridized carbons (Fsp3) is 0.588. The lowest BCUT2D eigenvalue weighted by Gasteiger charge is -2.13. The number of unbranched alkanes of at least 4 members (excludes halogenated alkanes) is 1. The van der Waals surface area contributed by atoms with Gasteiger partial charge in [-0.3, -0.25) is 0 Å². The number of hydrogen-bond acceptors (Lipinski definition) is 3. The van der Waals surface area contributed by atoms with Gasteiger partial charge in [0.15, 0.2) is 17.5 Å². The largest absolute Gasteiger partial charge is 0.490 e. The Bertz CT molecular complexity index is 517. The first-order valence-corrected chi connectivity index (χ1v) is 8.33. The van der Waals surface area contributed by atoms with Crippen LogP contribution in [0.3, 0.4) is 0 Å². The third-order valence-electron chi connectivity index (χ3n) is 3.11. The zero-order valence-electron chi connectivity index (χ0n) is 15.0. The molecule has 0 aliphatic rings. The second-order valence-electron chi connectivity index (χ2n) is 5.07. The quantitative estimate of drug-likeness (QED) is 0.233. The lowest BCUT2D eigenvalue weighted by atomic mass is 10.2. The van der Waals surface area contributed by atoms with Gasteiger partial charge in [0.05, 0.1) is 13.2 Å². The van der Waals surface area contributed by atoms with E-state index in [4.69, 9.17) is 4.74 Å². The molecule has 0 aliphatic carbocycles. The van der Waals surface area contributed by atoms with Crippen LogP contribution in [0.15, 0.2) is 23.2 Å². The summed E-state index contributed by atoms with van der Waals surface area (Å²) in [6.45, 7) is 5.44. The zero-order chi connectivity index (χ0) is 17.8. The van der Waals surface area contributed by atoms with E-state index in [-0.39, 0.29) is 29.7 Å². The molecule has 0 aromatic heterocycles. The van der Waals surface area contributed by atoms with E-state index in [1.54, 1.807) is 19.1 Å². The van der Waals surface area contributed by atoms with Crippen molar-refractivity contribution < 1.29 is 18.3 Å². The molecule has 25 heavy (non-hydrogen) atoms. The van der Waals surface area contributed by atoms with Gasteiger partial charge in [-0.1, -0.05) is 19.4 Å². The van der Waals surface area contributed by atoms with Gasteiger partial charge in [-0.15, -0.1) is 24.0 Å². The van der Waals surface area contributed by atoms with Crippen LogP contribution in [0, 0.1) is 0 Å². The molecule has 2 N–H and O–H groups in total. The smallest absolute Gasteiger partial charge is 0.387 e. The van der Waals surface area contributed by atoms with Crippen molar-refractivity contribution in [3.63, 3.8) is 0 Å². The minimum absolute atomic E-state index is 0. The average molecular weight is 471 g/mol. The molecular weight excluding hydrogens is 443 g/mol. The summed E-state index contributed by atoms with van der Waals surface area (Å²) in [4.78, 5) is 4.50. The number of nitrogens with zero attached hydrogens (tertiary/aromatic N) is 1. The second kappa shape index (κ2) is 13.9. The molecular formula is C17H28F2IN3O2. The van der Waals surface area contributed by atoms with Gasteiger partial charge in [0.1, 0.15) is 0 Å². The van der Waals surface area contributed by atoms with Crippen molar-refractivity contribution in [3.8, 4) is 11.5 Å². The summed E-state index contributed by atoms with van der Waals surface area (Å²) in [5.74, 6) is 1.07. The highest BCUT2D eigenvalue weighted by atomic mass is 127. The third-order valence-corrected chi connectivity index (χ3v) is 3.11. The van der Waals surface area contributed by atoms with Crippen LogP contribution in [0.2, 0.25) is 0 Å². The van der Waals surface area contributed by atoms with Crippen LogP contribution in [0.4, 0.5) is 8.78 Å². The van der Waals surface area contributed by atoms with Gasteiger partial charge < -0.3 is 20.1 Å². The Hall–Kier alpha value is -1.32. The minimum Gasteiger partial charge on any atom is -0.490 e. The van der Waals surface area contributed by atoms with E-state index < -0.39 is 6.61 Å². The van der Waals surface area contributed by atoms with E-state index in [0.717, 1.165) is 37.5 Å². The molecule has 5 nitrogen and oxygen atoms in total. The van der Waals surface area contributed by atoms with Gasteiger partial charge in [-0.25, -0.2) is 4.99 Å². The molecule has 0 bridgehead atoms. The van der Waals surface area contributed by atoms with Gasteiger partial charge >= 0.3 is 6.61 Å². The Morgan fingerprint density at radius 1 is 1.16 bits per heavy atom. The topological polar surface area (TPSA) is 54.9 Å². The predicted molar refractivity (Wildman–Crippen MR) is 107 cm³/mol. The number of halogens is 3. The molecule has 0 radical (unpaired) electrons. The summed E-state index contributed by atoms with van der Waals surface area (Å²) in [6, 6.07) is 4.87. The fourth-order valence-electron chi connectivity index (χ4n) is 2.01. The van der Waals surface area contributed by atoms with Crippen LogP contribution in [0.25, 0.3) is 0 Å². The molecule has 1 rings (SSSR count). The Morgan fingerprint density at radius 2 is 1.92 bits per heavy atom. The third kappa shape index (κ3) is 9.66. The SMILES string of the molecule is CCCCNC(=NCc1ccc(OC(F)F)c(OCC)c1)NCC.I. The Labute approximate surface area is 165 Å². The maximum atomic E-state index is 12.4. The maximum absolute atomic E-state index is 12.4. The molecule has 0 heterocycles. The first-order chi connectivity index (χ1) is 11.6. The number of hydrogen-bond donors (Lipinski definition) is 2. The van der Waals surface area contributed by atoms with E-state index in [2.05, 4.69) is 27.3 Å². The van der Waals surface area contributed by atoms with Gasteiger partial charge in [0.2, 0.25) is 0 Å². The maximum Gasteiger partial charge on any atom is 0.387 e. The summed E-state index contributed by atoms with van der Waals surface area (Å²) in [6.07, 6.45) is 2.17. The van der Waals surface area contributed by atoms with Crippen molar-refractivity contribution in [1.82, 2.24) is 10.6 Å². The summed E-state index contributed by atoms with van der Waals surface area (Å²) < 4.78 is 34.7. The van der Waals surface area contributed by atoms with Gasteiger partial charge in [0.25, 0.3) is 0 Å². The monoisotopic (exact) mass is 471 g/mol. The highest BCUT2D eigenvalue weighted by Crippen LogP contribution is 2.30. The molecule has 0 aliphatic heterocycles. The summed E-state index contributed by atoms with van der Waals surface area (Å²) in [5, 5.41) is 6.43. The fourth-order valence-corrected chi connectivity index (χ4v) is 2.01. The molecule has 144 valence electrons. The van der Waals surface area contributed by atoms with Gasteiger partial charge in [-0.2, -0.15) is 8.78 Å². The summed E-state index contributed by atoms with van der Waals surface area (Å²) in [7, 11) is 0. The van der Waals surface area contributed by atoms with Gasteiger partial charge in [0, 0.05) is 13.1 Å². The van der Waals surface area contributed by atoms with E-state index in [1.165, 1.54) is 6.07 Å². The van der Waals surface area contributed by atoms with Crippen molar-refractivity contribution >= 4 is 29.9 Å². The zero-order valence-corrected chi connectivity index (χ0v) is 17.3. The molecule has 0 saturated heterocycles. The molecule has 8 heteroatoms. The van der Waals surface area contributed by atoms with Crippen molar-refractivity contribution in [2.45, 2.75) is 46.8 Å². The van der Waals surface area contributed by atoms with Crippen LogP contribution < -0.4 is 20.1 Å². The number of ether oxygens (including phenoxy) is 2. The predicted octanol–water partition coefficient (Wildman–Crippen LogP) is 4.16. The number of nitrogens with one attached hydrogen (secondary N) is 2. The van der Waals surface area contributed by atoms with Crippen LogP contribution in [0.1, 0.15) is 39.2 Å². The average Bonchev–Trinajstić information content (AvgIpc) is 2.54. The molecule has 0 saturated carbocycles. The van der Waals surface area contributed by atoms with E-state index in [0.29, 0.717) is 18.9 Å². The first kappa shape index (κ1) is 23.7. The van der Waals surface area contributed by atoms with E-state index in [9.17, 15) is 8.78 Å². The first-order valence-electron chi connectivity index (χ1n) is 8.33. The van der Waals surface area contributed by atoms with Crippen LogP contribution in [-0.2, 0) is 6.54 Å². The van der Waals surface area contributed by atoms with Crippen molar-refractivity contribution in [1.29, 1.82) is 0 Å². The standard InChI is InChI=1S/C17H27F2N3O2.HI/c1-4-7-10-21-17(20-5-2)22-12-13-8-9-14(24-16(18)19)15(11-13)23-6-3;/h8-9,11,16H,4-7,10,12H2,1-3H3,(H2,20,21,22);1H. The number of rotatable bonds is 10.